The summed E-state index contributed by atoms with van der Waals surface area (Å²) in [5.41, 5.74) is 0. The fourth-order valence-corrected chi connectivity index (χ4v) is 10.3. The zero-order chi connectivity index (χ0) is 58.4. The van der Waals surface area contributed by atoms with Gasteiger partial charge in [0.15, 0.2) is 0 Å². The molecule has 0 aromatic heterocycles. The molecule has 2 N–H and O–H groups in total. The number of nitrogens with one attached hydrogen (secondary N) is 1. The highest BCUT2D eigenvalue weighted by Crippen LogP contribution is 2.38. The number of allylic oxidation sites excluding steroid dienone is 15. The molecule has 0 rings (SSSR count). The first-order valence-electron chi connectivity index (χ1n) is 33.6. The van der Waals surface area contributed by atoms with Crippen molar-refractivity contribution in [1.82, 2.24) is 5.32 Å². The summed E-state index contributed by atoms with van der Waals surface area (Å²) in [6.45, 7) is 4.53. The predicted octanol–water partition coefficient (Wildman–Crippen LogP) is 20.7. The highest BCUT2D eigenvalue weighted by Gasteiger charge is 2.23. The van der Waals surface area contributed by atoms with E-state index in [0.717, 1.165) is 77.0 Å². The number of rotatable bonds is 61. The minimum absolute atomic E-state index is 0.0115. The Hall–Kier alpha value is -2.58. The molecule has 0 aromatic rings. The third-order valence-electron chi connectivity index (χ3n) is 14.8. The van der Waals surface area contributed by atoms with Gasteiger partial charge in [-0.2, -0.15) is 0 Å². The first kappa shape index (κ1) is 77.4. The van der Waals surface area contributed by atoms with E-state index in [-0.39, 0.29) is 12.5 Å². The smallest absolute Gasteiger partial charge is 0.268 e. The van der Waals surface area contributed by atoms with Gasteiger partial charge in [0.05, 0.1) is 39.9 Å². The zero-order valence-corrected chi connectivity index (χ0v) is 53.9. The van der Waals surface area contributed by atoms with Crippen molar-refractivity contribution in [3.8, 4) is 0 Å². The summed E-state index contributed by atoms with van der Waals surface area (Å²) in [5.74, 6) is -0.211. The minimum Gasteiger partial charge on any atom is -0.756 e. The maximum absolute atomic E-state index is 13.0. The van der Waals surface area contributed by atoms with Gasteiger partial charge in [0.2, 0.25) is 5.91 Å². The SMILES string of the molecule is CC/C=C\C/C=C\C/C=C\C/C=C\C/C=C\CCCCCCCCCCCCCCCCCCCC(=O)NC(COP(=O)([O-])OCC[N+](C)(C)C)C(O)/C=C/CC/C=C/CC/C=C/CCCCCCCCCCCCCCCCC. The molecule has 3 unspecified atom stereocenters. The quantitative estimate of drug-likeness (QED) is 0.0272. The first-order valence-corrected chi connectivity index (χ1v) is 35.1. The summed E-state index contributed by atoms with van der Waals surface area (Å²) in [7, 11) is 1.23. The number of phosphoric acid groups is 1. The van der Waals surface area contributed by atoms with E-state index in [9.17, 15) is 19.4 Å². The van der Waals surface area contributed by atoms with Crippen LogP contribution in [0.2, 0.25) is 0 Å². The van der Waals surface area contributed by atoms with Crippen LogP contribution in [0.4, 0.5) is 0 Å². The van der Waals surface area contributed by atoms with Gasteiger partial charge in [-0.1, -0.05) is 297 Å². The number of carbonyl (C=O) groups is 1. The van der Waals surface area contributed by atoms with Gasteiger partial charge in [-0.25, -0.2) is 0 Å². The van der Waals surface area contributed by atoms with Crippen molar-refractivity contribution in [2.45, 2.75) is 309 Å². The topological polar surface area (TPSA) is 108 Å². The van der Waals surface area contributed by atoms with E-state index in [0.29, 0.717) is 17.4 Å². The molecule has 0 aliphatic carbocycles. The van der Waals surface area contributed by atoms with Crippen LogP contribution >= 0.6 is 7.82 Å². The van der Waals surface area contributed by atoms with Gasteiger partial charge < -0.3 is 28.8 Å². The molecule has 0 spiro atoms. The number of nitrogens with zero attached hydrogens (tertiary/aromatic N) is 1. The Morgan fingerprint density at radius 3 is 1.16 bits per heavy atom. The number of phosphoric ester groups is 1. The second-order valence-corrected chi connectivity index (χ2v) is 25.2. The van der Waals surface area contributed by atoms with Crippen LogP contribution in [0.15, 0.2) is 97.2 Å². The number of carbonyl (C=O) groups excluding carboxylic acids is 1. The van der Waals surface area contributed by atoms with Crippen LogP contribution in [0.5, 0.6) is 0 Å². The van der Waals surface area contributed by atoms with E-state index in [2.05, 4.69) is 104 Å². The Kier molecular flexibility index (Phi) is 59.0. The minimum atomic E-state index is -4.62. The standard InChI is InChI=1S/C71H129N2O6P/c1-6-8-10-12-14-16-18-20-22-24-26-28-30-32-33-34-35-36-37-38-39-41-43-45-47-49-51-53-55-57-59-61-63-65-71(75)72-69(68-79-80(76,77)78-67-66-73(3,4)5)70(74)64-62-60-58-56-54-52-50-48-46-44-42-40-31-29-27-25-23-21-19-17-15-13-11-9-7-2/h8,10,14,16,20,22,26,28,32-33,46,48,54,56,62,64,69-70,74H,6-7,9,11-13,15,17-19,21,23-25,27,29-31,34-45,47,49-53,55,57-61,63,65-68H2,1-5H3,(H-,72,75,76,77)/b10-8-,16-14-,22-20-,28-26-,33-32-,48-46+,56-54+,64-62+. The summed E-state index contributed by atoms with van der Waals surface area (Å²) >= 11 is 0. The lowest BCUT2D eigenvalue weighted by molar-refractivity contribution is -0.870. The van der Waals surface area contributed by atoms with Gasteiger partial charge in [-0.15, -0.1) is 0 Å². The van der Waals surface area contributed by atoms with Crippen LogP contribution in [-0.4, -0.2) is 68.5 Å². The van der Waals surface area contributed by atoms with Crippen molar-refractivity contribution in [3.63, 3.8) is 0 Å². The number of aliphatic hydroxyl groups excluding tert-OH is 1. The molecule has 1 amide bonds. The molecule has 0 saturated carbocycles. The van der Waals surface area contributed by atoms with Crippen LogP contribution in [-0.2, 0) is 18.4 Å². The van der Waals surface area contributed by atoms with Crippen molar-refractivity contribution in [2.24, 2.45) is 0 Å². The summed E-state index contributed by atoms with van der Waals surface area (Å²) in [5, 5.41) is 13.9. The van der Waals surface area contributed by atoms with Crippen LogP contribution in [0, 0.1) is 0 Å². The molecule has 3 atom stereocenters. The first-order chi connectivity index (χ1) is 39.0. The molecule has 8 nitrogen and oxygen atoms in total. The van der Waals surface area contributed by atoms with Crippen molar-refractivity contribution in [2.75, 3.05) is 40.9 Å². The highest BCUT2D eigenvalue weighted by molar-refractivity contribution is 7.45. The Bertz CT molecular complexity index is 1620. The summed E-state index contributed by atoms with van der Waals surface area (Å²) < 4.78 is 23.4. The van der Waals surface area contributed by atoms with Gasteiger partial charge in [0, 0.05) is 6.42 Å². The van der Waals surface area contributed by atoms with Gasteiger partial charge in [-0.05, 0) is 89.9 Å². The van der Waals surface area contributed by atoms with E-state index in [1.54, 1.807) is 6.08 Å². The van der Waals surface area contributed by atoms with Gasteiger partial charge in [-0.3, -0.25) is 9.36 Å². The van der Waals surface area contributed by atoms with Crippen LogP contribution in [0.1, 0.15) is 296 Å². The second kappa shape index (κ2) is 61.0. The second-order valence-electron chi connectivity index (χ2n) is 23.8. The van der Waals surface area contributed by atoms with Gasteiger partial charge in [0.25, 0.3) is 7.82 Å². The number of unbranched alkanes of at least 4 members (excludes halogenated alkanes) is 34. The van der Waals surface area contributed by atoms with E-state index < -0.39 is 26.6 Å². The molecule has 80 heavy (non-hydrogen) atoms. The van der Waals surface area contributed by atoms with Crippen molar-refractivity contribution in [1.29, 1.82) is 0 Å². The number of hydrogen-bond donors (Lipinski definition) is 2. The molecular formula is C71H129N2O6P. The number of amides is 1. The number of likely N-dealkylation sites (N-methyl/N-ethyl adjacent to an activating group) is 1. The fraction of sp³-hybridized carbons (Fsp3) is 0.761. The summed E-state index contributed by atoms with van der Waals surface area (Å²) in [6.07, 6.45) is 88.1. The lowest BCUT2D eigenvalue weighted by Gasteiger charge is -2.29. The van der Waals surface area contributed by atoms with Crippen molar-refractivity contribution < 1.29 is 32.9 Å². The molecule has 0 radical (unpaired) electrons. The maximum atomic E-state index is 13.0. The highest BCUT2D eigenvalue weighted by atomic mass is 31.2. The number of hydrogen-bond acceptors (Lipinski definition) is 6. The fourth-order valence-electron chi connectivity index (χ4n) is 9.57. The average molecular weight is 1140 g/mol. The number of aliphatic hydroxyl groups is 1. The Morgan fingerprint density at radius 2 is 0.775 bits per heavy atom. The van der Waals surface area contributed by atoms with E-state index >= 15 is 0 Å². The monoisotopic (exact) mass is 1140 g/mol. The largest absolute Gasteiger partial charge is 0.756 e. The van der Waals surface area contributed by atoms with Crippen LogP contribution in [0.3, 0.4) is 0 Å². The summed E-state index contributed by atoms with van der Waals surface area (Å²) in [4.78, 5) is 25.6. The molecule has 464 valence electrons. The van der Waals surface area contributed by atoms with Crippen LogP contribution in [0.25, 0.3) is 0 Å². The normalized spacial score (nSPS) is 14.3. The third-order valence-corrected chi connectivity index (χ3v) is 15.7. The van der Waals surface area contributed by atoms with Gasteiger partial charge >= 0.3 is 0 Å². The molecular weight excluding hydrogens is 1010 g/mol. The van der Waals surface area contributed by atoms with Crippen LogP contribution < -0.4 is 10.2 Å². The molecule has 0 heterocycles. The Morgan fingerprint density at radius 1 is 0.450 bits per heavy atom. The average Bonchev–Trinajstić information content (AvgIpc) is 3.42. The lowest BCUT2D eigenvalue weighted by atomic mass is 10.0. The summed E-state index contributed by atoms with van der Waals surface area (Å²) in [6, 6.07) is -0.915. The third kappa shape index (κ3) is 63.0. The Balaban J connectivity index is 4.14. The van der Waals surface area contributed by atoms with Crippen molar-refractivity contribution in [3.05, 3.63) is 97.2 Å². The van der Waals surface area contributed by atoms with E-state index in [1.807, 2.05) is 27.2 Å². The molecule has 0 aliphatic rings. The molecule has 0 saturated heterocycles. The molecule has 0 aliphatic heterocycles. The Labute approximate surface area is 496 Å². The lowest BCUT2D eigenvalue weighted by Crippen LogP contribution is -2.45. The molecule has 0 aromatic carbocycles. The van der Waals surface area contributed by atoms with E-state index in [4.69, 9.17) is 9.05 Å². The molecule has 0 fully saturated rings. The predicted molar refractivity (Wildman–Crippen MR) is 348 cm³/mol. The van der Waals surface area contributed by atoms with E-state index in [1.165, 1.54) is 199 Å². The number of quaternary nitrogens is 1. The van der Waals surface area contributed by atoms with Gasteiger partial charge in [0.1, 0.15) is 13.2 Å². The molecule has 0 bridgehead atoms. The zero-order valence-electron chi connectivity index (χ0n) is 53.0. The molecule has 9 heteroatoms. The maximum Gasteiger partial charge on any atom is 0.268 e. The van der Waals surface area contributed by atoms with Crippen molar-refractivity contribution >= 4 is 13.7 Å².